The zero-order chi connectivity index (χ0) is 15.2. The molecule has 116 valence electrons. The number of β-amino-alcohol motifs (C(OH)–C–C–N with tert-alkyl or cyclic N) is 1. The van der Waals surface area contributed by atoms with Crippen LogP contribution in [-0.4, -0.2) is 66.8 Å². The summed E-state index contributed by atoms with van der Waals surface area (Å²) in [5.41, 5.74) is 0.692. The smallest absolute Gasteiger partial charge is 0.253 e. The Labute approximate surface area is 126 Å². The highest BCUT2D eigenvalue weighted by atomic mass is 16.5. The summed E-state index contributed by atoms with van der Waals surface area (Å²) in [4.78, 5) is 16.5. The van der Waals surface area contributed by atoms with Crippen molar-refractivity contribution < 1.29 is 14.6 Å². The Morgan fingerprint density at radius 3 is 2.38 bits per heavy atom. The van der Waals surface area contributed by atoms with Gasteiger partial charge in [-0.2, -0.15) is 0 Å². The van der Waals surface area contributed by atoms with Crippen molar-refractivity contribution in [2.45, 2.75) is 19.4 Å². The fraction of sp³-hybridized carbons (Fsp3) is 0.562. The third kappa shape index (κ3) is 4.19. The van der Waals surface area contributed by atoms with Crippen LogP contribution in [0.15, 0.2) is 24.3 Å². The van der Waals surface area contributed by atoms with E-state index in [4.69, 9.17) is 4.74 Å². The molecule has 5 nitrogen and oxygen atoms in total. The molecule has 1 atom stereocenters. The van der Waals surface area contributed by atoms with Gasteiger partial charge in [-0.3, -0.25) is 9.69 Å². The number of ether oxygens (including phenoxy) is 1. The van der Waals surface area contributed by atoms with Gasteiger partial charge in [0.05, 0.1) is 13.2 Å². The number of hydrogen-bond donors (Lipinski definition) is 1. The third-order valence-corrected chi connectivity index (χ3v) is 3.94. The fourth-order valence-electron chi connectivity index (χ4n) is 2.48. The molecule has 0 saturated carbocycles. The SMILES string of the molecule is CCC(O)CN1CCN(C(=O)c2ccc(OC)cc2)CC1. The van der Waals surface area contributed by atoms with Crippen LogP contribution in [0.3, 0.4) is 0 Å². The van der Waals surface area contributed by atoms with Crippen LogP contribution in [0.25, 0.3) is 0 Å². The molecular formula is C16H24N2O3. The summed E-state index contributed by atoms with van der Waals surface area (Å²) in [6.45, 7) is 5.73. The molecule has 0 aromatic heterocycles. The highest BCUT2D eigenvalue weighted by Crippen LogP contribution is 2.14. The van der Waals surface area contributed by atoms with Crippen LogP contribution in [0, 0.1) is 0 Å². The summed E-state index contributed by atoms with van der Waals surface area (Å²) < 4.78 is 5.10. The van der Waals surface area contributed by atoms with E-state index in [1.807, 2.05) is 11.8 Å². The van der Waals surface area contributed by atoms with Crippen LogP contribution in [0.5, 0.6) is 5.75 Å². The van der Waals surface area contributed by atoms with Crippen LogP contribution in [0.2, 0.25) is 0 Å². The molecule has 0 radical (unpaired) electrons. The predicted octanol–water partition coefficient (Wildman–Crippen LogP) is 1.22. The van der Waals surface area contributed by atoms with Gasteiger partial charge in [-0.25, -0.2) is 0 Å². The lowest BCUT2D eigenvalue weighted by atomic mass is 10.1. The number of aliphatic hydroxyl groups is 1. The van der Waals surface area contributed by atoms with Crippen LogP contribution in [0.1, 0.15) is 23.7 Å². The number of nitrogens with zero attached hydrogens (tertiary/aromatic N) is 2. The van der Waals surface area contributed by atoms with Gasteiger partial charge < -0.3 is 14.7 Å². The van der Waals surface area contributed by atoms with E-state index in [9.17, 15) is 9.90 Å². The van der Waals surface area contributed by atoms with E-state index in [-0.39, 0.29) is 12.0 Å². The number of rotatable bonds is 5. The fourth-order valence-corrected chi connectivity index (χ4v) is 2.48. The third-order valence-electron chi connectivity index (χ3n) is 3.94. The van der Waals surface area contributed by atoms with Gasteiger partial charge in [0, 0.05) is 38.3 Å². The second-order valence-corrected chi connectivity index (χ2v) is 5.38. The van der Waals surface area contributed by atoms with Crippen molar-refractivity contribution in [3.05, 3.63) is 29.8 Å². The number of benzene rings is 1. The molecule has 2 rings (SSSR count). The Morgan fingerprint density at radius 2 is 1.86 bits per heavy atom. The largest absolute Gasteiger partial charge is 0.497 e. The van der Waals surface area contributed by atoms with Crippen molar-refractivity contribution in [1.29, 1.82) is 0 Å². The minimum atomic E-state index is -0.270. The van der Waals surface area contributed by atoms with Crippen LogP contribution in [0.4, 0.5) is 0 Å². The van der Waals surface area contributed by atoms with Crippen molar-refractivity contribution in [3.63, 3.8) is 0 Å². The molecule has 1 N–H and O–H groups in total. The number of carbonyl (C=O) groups excluding carboxylic acids is 1. The van der Waals surface area contributed by atoms with E-state index < -0.39 is 0 Å². The van der Waals surface area contributed by atoms with Crippen molar-refractivity contribution in [1.82, 2.24) is 9.80 Å². The van der Waals surface area contributed by atoms with Crippen LogP contribution in [-0.2, 0) is 0 Å². The summed E-state index contributed by atoms with van der Waals surface area (Å²) in [5, 5.41) is 9.68. The molecule has 1 unspecified atom stereocenters. The topological polar surface area (TPSA) is 53.0 Å². The predicted molar refractivity (Wildman–Crippen MR) is 81.6 cm³/mol. The lowest BCUT2D eigenvalue weighted by Gasteiger charge is -2.35. The molecule has 21 heavy (non-hydrogen) atoms. The van der Waals surface area contributed by atoms with Gasteiger partial charge in [0.15, 0.2) is 0 Å². The molecule has 1 fully saturated rings. The maximum Gasteiger partial charge on any atom is 0.253 e. The molecule has 1 heterocycles. The second-order valence-electron chi connectivity index (χ2n) is 5.38. The van der Waals surface area contributed by atoms with Crippen molar-refractivity contribution in [2.24, 2.45) is 0 Å². The maximum atomic E-state index is 12.4. The minimum absolute atomic E-state index is 0.0633. The van der Waals surface area contributed by atoms with Crippen molar-refractivity contribution in [2.75, 3.05) is 39.8 Å². The first kappa shape index (κ1) is 15.8. The van der Waals surface area contributed by atoms with Gasteiger partial charge in [-0.15, -0.1) is 0 Å². The van der Waals surface area contributed by atoms with E-state index >= 15 is 0 Å². The normalized spacial score (nSPS) is 17.6. The average Bonchev–Trinajstić information content (AvgIpc) is 2.55. The van der Waals surface area contributed by atoms with E-state index in [1.165, 1.54) is 0 Å². The van der Waals surface area contributed by atoms with E-state index in [0.717, 1.165) is 25.3 Å². The standard InChI is InChI=1S/C16H24N2O3/c1-3-14(19)12-17-8-10-18(11-9-17)16(20)13-4-6-15(21-2)7-5-13/h4-7,14,19H,3,8-12H2,1-2H3. The van der Waals surface area contributed by atoms with E-state index in [2.05, 4.69) is 4.90 Å². The number of methoxy groups -OCH3 is 1. The first-order chi connectivity index (χ1) is 10.1. The summed E-state index contributed by atoms with van der Waals surface area (Å²) in [6.07, 6.45) is 0.499. The molecule has 1 aromatic carbocycles. The summed E-state index contributed by atoms with van der Waals surface area (Å²) in [5.74, 6) is 0.818. The molecule has 1 saturated heterocycles. The molecular weight excluding hydrogens is 268 g/mol. The second kappa shape index (κ2) is 7.43. The van der Waals surface area contributed by atoms with Gasteiger partial charge in [0.25, 0.3) is 5.91 Å². The van der Waals surface area contributed by atoms with Gasteiger partial charge in [-0.1, -0.05) is 6.92 Å². The number of hydrogen-bond acceptors (Lipinski definition) is 4. The van der Waals surface area contributed by atoms with Crippen molar-refractivity contribution >= 4 is 5.91 Å². The Kier molecular flexibility index (Phi) is 5.59. The van der Waals surface area contributed by atoms with E-state index in [1.54, 1.807) is 31.4 Å². The van der Waals surface area contributed by atoms with Gasteiger partial charge in [0.1, 0.15) is 5.75 Å². The zero-order valence-electron chi connectivity index (χ0n) is 12.8. The van der Waals surface area contributed by atoms with Crippen LogP contribution >= 0.6 is 0 Å². The minimum Gasteiger partial charge on any atom is -0.497 e. The Hall–Kier alpha value is -1.59. The van der Waals surface area contributed by atoms with Gasteiger partial charge in [-0.05, 0) is 30.7 Å². The lowest BCUT2D eigenvalue weighted by Crippen LogP contribution is -2.50. The summed E-state index contributed by atoms with van der Waals surface area (Å²) in [6, 6.07) is 7.21. The Balaban J connectivity index is 1.87. The molecule has 1 aromatic rings. The number of aliphatic hydroxyl groups excluding tert-OH is 1. The summed E-state index contributed by atoms with van der Waals surface area (Å²) >= 11 is 0. The molecule has 0 aliphatic carbocycles. The Bertz CT molecular complexity index is 453. The highest BCUT2D eigenvalue weighted by Gasteiger charge is 2.22. The van der Waals surface area contributed by atoms with E-state index in [0.29, 0.717) is 25.2 Å². The van der Waals surface area contributed by atoms with Crippen molar-refractivity contribution in [3.8, 4) is 5.75 Å². The molecule has 0 bridgehead atoms. The van der Waals surface area contributed by atoms with Crippen LogP contribution < -0.4 is 4.74 Å². The molecule has 1 aliphatic rings. The number of amides is 1. The highest BCUT2D eigenvalue weighted by molar-refractivity contribution is 5.94. The number of piperazine rings is 1. The Morgan fingerprint density at radius 1 is 1.24 bits per heavy atom. The molecule has 1 amide bonds. The molecule has 1 aliphatic heterocycles. The maximum absolute atomic E-state index is 12.4. The quantitative estimate of drug-likeness (QED) is 0.887. The molecule has 0 spiro atoms. The monoisotopic (exact) mass is 292 g/mol. The molecule has 5 heteroatoms. The first-order valence-corrected chi connectivity index (χ1v) is 7.47. The van der Waals surface area contributed by atoms with Gasteiger partial charge >= 0.3 is 0 Å². The summed E-state index contributed by atoms with van der Waals surface area (Å²) in [7, 11) is 1.61. The number of carbonyl (C=O) groups is 1. The lowest BCUT2D eigenvalue weighted by molar-refractivity contribution is 0.0524. The first-order valence-electron chi connectivity index (χ1n) is 7.47. The average molecular weight is 292 g/mol. The van der Waals surface area contributed by atoms with Gasteiger partial charge in [0.2, 0.25) is 0 Å². The zero-order valence-corrected chi connectivity index (χ0v) is 12.8.